The van der Waals surface area contributed by atoms with E-state index in [-0.39, 0.29) is 17.2 Å². The molecule has 0 aromatic rings. The minimum absolute atomic E-state index is 0.00211. The lowest BCUT2D eigenvalue weighted by atomic mass is 9.65. The second kappa shape index (κ2) is 5.96. The molecule has 1 aliphatic carbocycles. The molecule has 1 rings (SSSR count). The van der Waals surface area contributed by atoms with Crippen molar-refractivity contribution in [2.45, 2.75) is 78.0 Å². The van der Waals surface area contributed by atoms with Crippen LogP contribution in [0.4, 0.5) is 0 Å². The molecule has 0 amide bonds. The first-order chi connectivity index (χ1) is 8.87. The van der Waals surface area contributed by atoms with Crippen LogP contribution in [0.1, 0.15) is 67.2 Å². The van der Waals surface area contributed by atoms with Gasteiger partial charge in [0, 0.05) is 6.04 Å². The Morgan fingerprint density at radius 3 is 2.10 bits per heavy atom. The van der Waals surface area contributed by atoms with Crippen molar-refractivity contribution in [2.24, 2.45) is 23.0 Å². The van der Waals surface area contributed by atoms with Crippen molar-refractivity contribution in [3.05, 3.63) is 0 Å². The monoisotopic (exact) mass is 303 g/mol. The van der Waals surface area contributed by atoms with Gasteiger partial charge in [-0.15, -0.1) is 0 Å². The van der Waals surface area contributed by atoms with Crippen LogP contribution in [0.5, 0.6) is 0 Å². The molecular weight excluding hydrogens is 270 g/mol. The van der Waals surface area contributed by atoms with Gasteiger partial charge in [-0.05, 0) is 57.3 Å². The van der Waals surface area contributed by atoms with Crippen LogP contribution in [-0.2, 0) is 9.84 Å². The first-order valence-corrected chi connectivity index (χ1v) is 9.50. The zero-order chi connectivity index (χ0) is 15.8. The van der Waals surface area contributed by atoms with E-state index >= 15 is 0 Å². The quantitative estimate of drug-likeness (QED) is 0.866. The summed E-state index contributed by atoms with van der Waals surface area (Å²) >= 11 is 0. The van der Waals surface area contributed by atoms with Crippen LogP contribution in [0.25, 0.3) is 0 Å². The molecule has 3 nitrogen and oxygen atoms in total. The molecule has 0 aromatic heterocycles. The number of hydrogen-bond donors (Lipinski definition) is 1. The Hall–Kier alpha value is -0.0900. The van der Waals surface area contributed by atoms with E-state index in [0.29, 0.717) is 18.3 Å². The van der Waals surface area contributed by atoms with Crippen molar-refractivity contribution in [1.82, 2.24) is 0 Å². The van der Waals surface area contributed by atoms with Gasteiger partial charge in [-0.3, -0.25) is 0 Å². The third-order valence-corrected chi connectivity index (χ3v) is 7.72. The van der Waals surface area contributed by atoms with Gasteiger partial charge in [0.15, 0.2) is 9.84 Å². The van der Waals surface area contributed by atoms with Gasteiger partial charge in [0.1, 0.15) is 0 Å². The third kappa shape index (κ3) is 4.20. The summed E-state index contributed by atoms with van der Waals surface area (Å²) in [6.07, 6.45) is 4.12. The van der Waals surface area contributed by atoms with E-state index < -0.39 is 14.6 Å². The standard InChI is InChI=1S/C16H33NO2S/c1-12-7-8-13(14(17)11-12)16(5,6)9-10-20(18,19)15(2,3)4/h12-14H,7-11,17H2,1-6H3. The molecule has 0 heterocycles. The van der Waals surface area contributed by atoms with E-state index in [1.165, 1.54) is 6.42 Å². The number of nitrogens with two attached hydrogens (primary N) is 1. The molecule has 0 spiro atoms. The zero-order valence-electron chi connectivity index (χ0n) is 14.1. The molecule has 1 saturated carbocycles. The minimum Gasteiger partial charge on any atom is -0.327 e. The van der Waals surface area contributed by atoms with Crippen LogP contribution in [0.15, 0.2) is 0 Å². The van der Waals surface area contributed by atoms with Crippen LogP contribution < -0.4 is 5.73 Å². The highest BCUT2D eigenvalue weighted by molar-refractivity contribution is 7.92. The average Bonchev–Trinajstić information content (AvgIpc) is 2.24. The fourth-order valence-corrected chi connectivity index (χ4v) is 4.69. The second-order valence-corrected chi connectivity index (χ2v) is 11.2. The Morgan fingerprint density at radius 1 is 1.10 bits per heavy atom. The fraction of sp³-hybridized carbons (Fsp3) is 1.00. The van der Waals surface area contributed by atoms with Crippen molar-refractivity contribution >= 4 is 9.84 Å². The van der Waals surface area contributed by atoms with Crippen LogP contribution in [-0.4, -0.2) is 25.0 Å². The summed E-state index contributed by atoms with van der Waals surface area (Å²) in [4.78, 5) is 0. The Balaban J connectivity index is 2.71. The van der Waals surface area contributed by atoms with E-state index in [9.17, 15) is 8.42 Å². The molecule has 4 heteroatoms. The molecule has 0 radical (unpaired) electrons. The van der Waals surface area contributed by atoms with Gasteiger partial charge in [-0.25, -0.2) is 8.42 Å². The molecule has 3 unspecified atom stereocenters. The van der Waals surface area contributed by atoms with E-state index in [4.69, 9.17) is 5.73 Å². The van der Waals surface area contributed by atoms with Crippen molar-refractivity contribution in [2.75, 3.05) is 5.75 Å². The van der Waals surface area contributed by atoms with Crippen LogP contribution >= 0.6 is 0 Å². The largest absolute Gasteiger partial charge is 0.327 e. The normalized spacial score (nSPS) is 29.4. The first kappa shape index (κ1) is 18.0. The average molecular weight is 304 g/mol. The second-order valence-electron chi connectivity index (χ2n) is 8.36. The maximum atomic E-state index is 12.3. The molecule has 0 saturated heterocycles. The number of hydrogen-bond acceptors (Lipinski definition) is 3. The molecule has 0 bridgehead atoms. The predicted octanol–water partition coefficient (Wildman–Crippen LogP) is 3.38. The maximum absolute atomic E-state index is 12.3. The number of sulfone groups is 1. The van der Waals surface area contributed by atoms with Gasteiger partial charge in [-0.2, -0.15) is 0 Å². The summed E-state index contributed by atoms with van der Waals surface area (Å²) < 4.78 is 23.9. The lowest BCUT2D eigenvalue weighted by molar-refractivity contribution is 0.110. The van der Waals surface area contributed by atoms with Crippen LogP contribution in [0.2, 0.25) is 0 Å². The summed E-state index contributed by atoms with van der Waals surface area (Å²) in [7, 11) is -3.04. The van der Waals surface area contributed by atoms with Gasteiger partial charge >= 0.3 is 0 Å². The lowest BCUT2D eigenvalue weighted by Crippen LogP contribution is -2.45. The minimum atomic E-state index is -3.04. The highest BCUT2D eigenvalue weighted by atomic mass is 32.2. The third-order valence-electron chi connectivity index (χ3n) is 5.11. The SMILES string of the molecule is CC1CCC(C(C)(C)CCS(=O)(=O)C(C)(C)C)C(N)C1. The number of rotatable bonds is 4. The molecular formula is C16H33NO2S. The summed E-state index contributed by atoms with van der Waals surface area (Å²) in [6.45, 7) is 12.0. The highest BCUT2D eigenvalue weighted by Gasteiger charge is 2.39. The van der Waals surface area contributed by atoms with Crippen molar-refractivity contribution in [3.63, 3.8) is 0 Å². The summed E-state index contributed by atoms with van der Waals surface area (Å²) in [6, 6.07) is 0.214. The van der Waals surface area contributed by atoms with Crippen molar-refractivity contribution in [1.29, 1.82) is 0 Å². The van der Waals surface area contributed by atoms with Crippen molar-refractivity contribution < 1.29 is 8.42 Å². The molecule has 0 aliphatic heterocycles. The molecule has 120 valence electrons. The Bertz CT molecular complexity index is 420. The Morgan fingerprint density at radius 2 is 1.65 bits per heavy atom. The lowest BCUT2D eigenvalue weighted by Gasteiger charge is -2.43. The van der Waals surface area contributed by atoms with E-state index in [1.54, 1.807) is 20.8 Å². The van der Waals surface area contributed by atoms with Gasteiger partial charge in [0.2, 0.25) is 0 Å². The Labute approximate surface area is 125 Å². The summed E-state index contributed by atoms with van der Waals surface area (Å²) in [5, 5.41) is 0. The van der Waals surface area contributed by atoms with Gasteiger partial charge in [0.05, 0.1) is 10.5 Å². The van der Waals surface area contributed by atoms with Crippen LogP contribution in [0, 0.1) is 17.3 Å². The van der Waals surface area contributed by atoms with E-state index in [1.807, 2.05) is 0 Å². The molecule has 1 fully saturated rings. The Kier molecular flexibility index (Phi) is 5.35. The molecule has 1 aliphatic rings. The smallest absolute Gasteiger partial charge is 0.155 e. The van der Waals surface area contributed by atoms with E-state index in [0.717, 1.165) is 12.8 Å². The fourth-order valence-electron chi connectivity index (χ4n) is 3.28. The summed E-state index contributed by atoms with van der Waals surface area (Å²) in [5.41, 5.74) is 6.33. The van der Waals surface area contributed by atoms with Crippen LogP contribution in [0.3, 0.4) is 0 Å². The zero-order valence-corrected chi connectivity index (χ0v) is 14.9. The molecule has 2 N–H and O–H groups in total. The van der Waals surface area contributed by atoms with Crippen molar-refractivity contribution in [3.8, 4) is 0 Å². The topological polar surface area (TPSA) is 60.2 Å². The van der Waals surface area contributed by atoms with E-state index in [2.05, 4.69) is 20.8 Å². The molecule has 20 heavy (non-hydrogen) atoms. The first-order valence-electron chi connectivity index (χ1n) is 7.85. The predicted molar refractivity (Wildman–Crippen MR) is 86.4 cm³/mol. The van der Waals surface area contributed by atoms with Gasteiger partial charge in [0.25, 0.3) is 0 Å². The molecule has 0 aromatic carbocycles. The van der Waals surface area contributed by atoms with Gasteiger partial charge in [-0.1, -0.05) is 27.2 Å². The summed E-state index contributed by atoms with van der Waals surface area (Å²) in [5.74, 6) is 1.41. The van der Waals surface area contributed by atoms with Gasteiger partial charge < -0.3 is 5.73 Å². The maximum Gasteiger partial charge on any atom is 0.155 e. The highest BCUT2D eigenvalue weighted by Crippen LogP contribution is 2.42. The molecule has 3 atom stereocenters.